The molecule has 1 aliphatic heterocycles. The van der Waals surface area contributed by atoms with Crippen molar-refractivity contribution in [2.24, 2.45) is 5.73 Å². The lowest BCUT2D eigenvalue weighted by atomic mass is 9.87. The van der Waals surface area contributed by atoms with Crippen LogP contribution in [-0.2, 0) is 16.0 Å². The molecule has 3 N–H and O–H groups in total. The molecule has 1 aliphatic rings. The maximum absolute atomic E-state index is 12.8. The van der Waals surface area contributed by atoms with Crippen LogP contribution in [-0.4, -0.2) is 35.3 Å². The highest BCUT2D eigenvalue weighted by molar-refractivity contribution is 6.30. The summed E-state index contributed by atoms with van der Waals surface area (Å²) in [5.41, 5.74) is 8.32. The topological polar surface area (TPSA) is 75.4 Å². The van der Waals surface area contributed by atoms with Crippen LogP contribution in [0.4, 0.5) is 5.69 Å². The minimum atomic E-state index is -0.965. The molecule has 162 valence electrons. The molecule has 0 aromatic heterocycles. The second kappa shape index (κ2) is 10.3. The molecular weight excluding hydrogens is 421 g/mol. The number of anilines is 1. The quantitative estimate of drug-likeness (QED) is 0.710. The van der Waals surface area contributed by atoms with Crippen LogP contribution in [0.5, 0.6) is 0 Å². The van der Waals surface area contributed by atoms with Gasteiger partial charge in [0.05, 0.1) is 12.0 Å². The summed E-state index contributed by atoms with van der Waals surface area (Å²) < 4.78 is 0. The first-order valence-corrected chi connectivity index (χ1v) is 10.4. The summed E-state index contributed by atoms with van der Waals surface area (Å²) >= 11 is 5.89. The lowest BCUT2D eigenvalue weighted by molar-refractivity contribution is -0.134. The number of benzene rings is 2. The molecule has 1 heterocycles. The van der Waals surface area contributed by atoms with Crippen molar-refractivity contribution < 1.29 is 9.59 Å². The van der Waals surface area contributed by atoms with Crippen LogP contribution in [0.25, 0.3) is 0 Å². The third-order valence-corrected chi connectivity index (χ3v) is 5.82. The lowest BCUT2D eigenvalue weighted by Gasteiger charge is -2.38. The summed E-state index contributed by atoms with van der Waals surface area (Å²) in [6.07, 6.45) is 1.20. The summed E-state index contributed by atoms with van der Waals surface area (Å²) in [6, 6.07) is 15.1. The molecule has 0 spiro atoms. The zero-order valence-corrected chi connectivity index (χ0v) is 18.9. The number of likely N-dealkylation sites (tertiary alicyclic amines) is 1. The van der Waals surface area contributed by atoms with Gasteiger partial charge in [0.15, 0.2) is 0 Å². The van der Waals surface area contributed by atoms with E-state index in [1.165, 1.54) is 5.56 Å². The van der Waals surface area contributed by atoms with Crippen LogP contribution in [0.3, 0.4) is 0 Å². The number of nitrogens with zero attached hydrogens (tertiary/aromatic N) is 1. The molecule has 1 fully saturated rings. The number of nitrogens with one attached hydrogen (secondary N) is 1. The molecule has 2 aromatic rings. The van der Waals surface area contributed by atoms with E-state index in [1.54, 1.807) is 17.0 Å². The van der Waals surface area contributed by atoms with Gasteiger partial charge in [0.1, 0.15) is 0 Å². The Hall–Kier alpha value is -2.08. The number of carbonyl (C=O) groups excluding carboxylic acids is 2. The standard InChI is InChI=1S/C23H28ClN3O2.ClH/c1-16(2)18-5-9-20(10-6-18)26-22(29)23(25)11-13-27(14-12-23)21(28)15-17-3-7-19(24)8-4-17;/h3-10,16H,11-15,25H2,1-2H3,(H,26,29);1H. The van der Waals surface area contributed by atoms with E-state index in [0.29, 0.717) is 43.3 Å². The number of carbonyl (C=O) groups is 2. The molecule has 30 heavy (non-hydrogen) atoms. The van der Waals surface area contributed by atoms with Crippen LogP contribution < -0.4 is 11.1 Å². The minimum absolute atomic E-state index is 0. The number of nitrogens with two attached hydrogens (primary N) is 1. The van der Waals surface area contributed by atoms with E-state index in [2.05, 4.69) is 19.2 Å². The van der Waals surface area contributed by atoms with Crippen LogP contribution in [0, 0.1) is 0 Å². The van der Waals surface area contributed by atoms with Gasteiger partial charge in [0, 0.05) is 23.8 Å². The fraction of sp³-hybridized carbons (Fsp3) is 0.391. The normalized spacial score (nSPS) is 15.4. The first-order chi connectivity index (χ1) is 13.8. The number of hydrogen-bond acceptors (Lipinski definition) is 3. The van der Waals surface area contributed by atoms with E-state index < -0.39 is 5.54 Å². The van der Waals surface area contributed by atoms with Crippen LogP contribution in [0.15, 0.2) is 48.5 Å². The Morgan fingerprint density at radius 2 is 1.63 bits per heavy atom. The number of hydrogen-bond donors (Lipinski definition) is 2. The summed E-state index contributed by atoms with van der Waals surface area (Å²) in [6.45, 7) is 5.21. The summed E-state index contributed by atoms with van der Waals surface area (Å²) in [5, 5.41) is 3.58. The molecule has 0 saturated carbocycles. The van der Waals surface area contributed by atoms with Gasteiger partial charge >= 0.3 is 0 Å². The van der Waals surface area contributed by atoms with Crippen molar-refractivity contribution in [3.8, 4) is 0 Å². The Morgan fingerprint density at radius 3 is 2.17 bits per heavy atom. The van der Waals surface area contributed by atoms with Crippen LogP contribution >= 0.6 is 24.0 Å². The molecule has 0 aliphatic carbocycles. The molecule has 0 atom stereocenters. The second-order valence-electron chi connectivity index (χ2n) is 8.07. The Labute approximate surface area is 189 Å². The SMILES string of the molecule is CC(C)c1ccc(NC(=O)C2(N)CCN(C(=O)Cc3ccc(Cl)cc3)CC2)cc1.Cl. The maximum atomic E-state index is 12.8. The van der Waals surface area contributed by atoms with Crippen molar-refractivity contribution in [3.63, 3.8) is 0 Å². The predicted octanol–water partition coefficient (Wildman–Crippen LogP) is 4.39. The zero-order valence-electron chi connectivity index (χ0n) is 17.4. The maximum Gasteiger partial charge on any atom is 0.244 e. The summed E-state index contributed by atoms with van der Waals surface area (Å²) in [4.78, 5) is 27.1. The van der Waals surface area contributed by atoms with Crippen molar-refractivity contribution in [2.45, 2.75) is 44.6 Å². The van der Waals surface area contributed by atoms with Crippen molar-refractivity contribution in [1.29, 1.82) is 0 Å². The molecule has 5 nitrogen and oxygen atoms in total. The fourth-order valence-corrected chi connectivity index (χ4v) is 3.60. The lowest BCUT2D eigenvalue weighted by Crippen LogP contribution is -2.58. The first-order valence-electron chi connectivity index (χ1n) is 9.99. The number of piperidine rings is 1. The van der Waals surface area contributed by atoms with Crippen LogP contribution in [0.2, 0.25) is 5.02 Å². The molecule has 7 heteroatoms. The summed E-state index contributed by atoms with van der Waals surface area (Å²) in [7, 11) is 0. The monoisotopic (exact) mass is 449 g/mol. The van der Waals surface area contributed by atoms with Gasteiger partial charge in [-0.1, -0.05) is 49.7 Å². The van der Waals surface area contributed by atoms with Gasteiger partial charge in [-0.2, -0.15) is 0 Å². The smallest absolute Gasteiger partial charge is 0.244 e. The Kier molecular flexibility index (Phi) is 8.30. The van der Waals surface area contributed by atoms with E-state index >= 15 is 0 Å². The highest BCUT2D eigenvalue weighted by Gasteiger charge is 2.38. The zero-order chi connectivity index (χ0) is 21.0. The highest BCUT2D eigenvalue weighted by Crippen LogP contribution is 2.24. The van der Waals surface area contributed by atoms with E-state index in [0.717, 1.165) is 11.3 Å². The van der Waals surface area contributed by atoms with E-state index in [-0.39, 0.29) is 24.2 Å². The summed E-state index contributed by atoms with van der Waals surface area (Å²) in [5.74, 6) is 0.286. The van der Waals surface area contributed by atoms with Gasteiger partial charge in [-0.15, -0.1) is 12.4 Å². The van der Waals surface area contributed by atoms with E-state index in [1.807, 2.05) is 36.4 Å². The van der Waals surface area contributed by atoms with E-state index in [4.69, 9.17) is 17.3 Å². The molecular formula is C23H29Cl2N3O2. The Bertz CT molecular complexity index is 859. The predicted molar refractivity (Wildman–Crippen MR) is 124 cm³/mol. The average molecular weight is 450 g/mol. The first kappa shape index (κ1) is 24.2. The molecule has 1 saturated heterocycles. The van der Waals surface area contributed by atoms with Crippen LogP contribution in [0.1, 0.15) is 43.7 Å². The van der Waals surface area contributed by atoms with Crippen molar-refractivity contribution in [2.75, 3.05) is 18.4 Å². The largest absolute Gasteiger partial charge is 0.342 e. The molecule has 0 bridgehead atoms. The third-order valence-electron chi connectivity index (χ3n) is 5.56. The minimum Gasteiger partial charge on any atom is -0.342 e. The Balaban J connectivity index is 0.00000320. The average Bonchev–Trinajstić information content (AvgIpc) is 2.70. The van der Waals surface area contributed by atoms with Crippen molar-refractivity contribution in [3.05, 3.63) is 64.7 Å². The molecule has 0 radical (unpaired) electrons. The fourth-order valence-electron chi connectivity index (χ4n) is 3.48. The Morgan fingerprint density at radius 1 is 1.07 bits per heavy atom. The molecule has 2 amide bonds. The number of amides is 2. The van der Waals surface area contributed by atoms with Crippen molar-refractivity contribution >= 4 is 41.5 Å². The van der Waals surface area contributed by atoms with Gasteiger partial charge in [0.25, 0.3) is 0 Å². The second-order valence-corrected chi connectivity index (χ2v) is 8.51. The van der Waals surface area contributed by atoms with Gasteiger partial charge < -0.3 is 16.0 Å². The van der Waals surface area contributed by atoms with Crippen molar-refractivity contribution in [1.82, 2.24) is 4.90 Å². The molecule has 0 unspecified atom stereocenters. The van der Waals surface area contributed by atoms with Gasteiger partial charge in [-0.05, 0) is 54.2 Å². The molecule has 2 aromatic carbocycles. The van der Waals surface area contributed by atoms with Gasteiger partial charge in [-0.3, -0.25) is 9.59 Å². The number of halogens is 2. The van der Waals surface area contributed by atoms with Gasteiger partial charge in [0.2, 0.25) is 11.8 Å². The third kappa shape index (κ3) is 5.97. The van der Waals surface area contributed by atoms with E-state index in [9.17, 15) is 9.59 Å². The highest BCUT2D eigenvalue weighted by atomic mass is 35.5. The van der Waals surface area contributed by atoms with Gasteiger partial charge in [-0.25, -0.2) is 0 Å². The molecule has 3 rings (SSSR count). The number of rotatable bonds is 5.